The van der Waals surface area contributed by atoms with Gasteiger partial charge in [-0.25, -0.2) is 9.59 Å². The van der Waals surface area contributed by atoms with Crippen molar-refractivity contribution in [1.82, 2.24) is 9.80 Å². The Morgan fingerprint density at radius 1 is 1.15 bits per heavy atom. The number of anilines is 2. The molecule has 1 aliphatic heterocycles. The highest BCUT2D eigenvalue weighted by Crippen LogP contribution is 2.37. The predicted molar refractivity (Wildman–Crippen MR) is 95.0 cm³/mol. The number of nitrogens with zero attached hydrogens (tertiary/aromatic N) is 3. The van der Waals surface area contributed by atoms with E-state index in [9.17, 15) is 22.8 Å². The lowest BCUT2D eigenvalue weighted by molar-refractivity contribution is -0.136. The number of hydrogen-bond donors (Lipinski definition) is 1. The quantitative estimate of drug-likeness (QED) is 0.864. The fraction of sp³-hybridized carbons (Fsp3) is 0.529. The molecule has 0 aliphatic carbocycles. The first kappa shape index (κ1) is 20.7. The second kappa shape index (κ2) is 8.36. The summed E-state index contributed by atoms with van der Waals surface area (Å²) in [4.78, 5) is 28.4. The van der Waals surface area contributed by atoms with Crippen LogP contribution in [0.2, 0.25) is 0 Å². The maximum absolute atomic E-state index is 13.4. The number of carbonyl (C=O) groups excluding carboxylic acids is 2. The average molecular weight is 388 g/mol. The molecule has 0 atom stereocenters. The number of amides is 3. The Labute approximate surface area is 155 Å². The molecule has 150 valence electrons. The van der Waals surface area contributed by atoms with Crippen molar-refractivity contribution in [2.45, 2.75) is 13.1 Å². The van der Waals surface area contributed by atoms with E-state index in [1.165, 1.54) is 21.9 Å². The molecule has 0 unspecified atom stereocenters. The second-order valence-corrected chi connectivity index (χ2v) is 6.23. The number of benzene rings is 1. The molecule has 10 heteroatoms. The van der Waals surface area contributed by atoms with Crippen molar-refractivity contribution in [1.29, 1.82) is 0 Å². The van der Waals surface area contributed by atoms with Gasteiger partial charge in [0.1, 0.15) is 0 Å². The number of carbonyl (C=O) groups is 2. The van der Waals surface area contributed by atoms with Gasteiger partial charge in [-0.15, -0.1) is 0 Å². The third kappa shape index (κ3) is 5.18. The minimum absolute atomic E-state index is 0.210. The van der Waals surface area contributed by atoms with Crippen molar-refractivity contribution in [2.24, 2.45) is 0 Å². The SMILES string of the molecule is CCOC(=O)N1CCN(C(=O)Nc2ccc(N(C)C)cc2C(F)(F)F)CC1. The van der Waals surface area contributed by atoms with Crippen molar-refractivity contribution in [3.63, 3.8) is 0 Å². The molecule has 1 saturated heterocycles. The number of urea groups is 1. The van der Waals surface area contributed by atoms with E-state index in [-0.39, 0.29) is 38.5 Å². The predicted octanol–water partition coefficient (Wildman–Crippen LogP) is 3.08. The minimum atomic E-state index is -4.60. The zero-order valence-corrected chi connectivity index (χ0v) is 15.5. The summed E-state index contributed by atoms with van der Waals surface area (Å²) in [6.45, 7) is 2.89. The van der Waals surface area contributed by atoms with Crippen LogP contribution in [-0.4, -0.2) is 68.8 Å². The van der Waals surface area contributed by atoms with Crippen molar-refractivity contribution in [2.75, 3.05) is 57.1 Å². The first-order chi connectivity index (χ1) is 12.6. The molecule has 1 aromatic carbocycles. The Balaban J connectivity index is 2.07. The number of halogens is 3. The van der Waals surface area contributed by atoms with E-state index >= 15 is 0 Å². The number of rotatable bonds is 3. The van der Waals surface area contributed by atoms with Gasteiger partial charge in [0.15, 0.2) is 0 Å². The fourth-order valence-electron chi connectivity index (χ4n) is 2.66. The molecule has 1 aliphatic rings. The fourth-order valence-corrected chi connectivity index (χ4v) is 2.66. The molecular formula is C17H23F3N4O3. The Hall–Kier alpha value is -2.65. The molecule has 7 nitrogen and oxygen atoms in total. The first-order valence-electron chi connectivity index (χ1n) is 8.49. The Morgan fingerprint density at radius 2 is 1.74 bits per heavy atom. The van der Waals surface area contributed by atoms with Gasteiger partial charge in [-0.1, -0.05) is 0 Å². The zero-order chi connectivity index (χ0) is 20.2. The van der Waals surface area contributed by atoms with Crippen LogP contribution in [0.15, 0.2) is 18.2 Å². The van der Waals surface area contributed by atoms with E-state index in [0.717, 1.165) is 6.07 Å². The van der Waals surface area contributed by atoms with Gasteiger partial charge in [0.25, 0.3) is 0 Å². The summed E-state index contributed by atoms with van der Waals surface area (Å²) in [5.74, 6) is 0. The Morgan fingerprint density at radius 3 is 2.26 bits per heavy atom. The number of piperazine rings is 1. The van der Waals surface area contributed by atoms with Crippen molar-refractivity contribution >= 4 is 23.5 Å². The lowest BCUT2D eigenvalue weighted by Crippen LogP contribution is -2.51. The molecule has 3 amide bonds. The van der Waals surface area contributed by atoms with Crippen LogP contribution in [0.25, 0.3) is 0 Å². The van der Waals surface area contributed by atoms with Crippen LogP contribution in [0.5, 0.6) is 0 Å². The van der Waals surface area contributed by atoms with E-state index < -0.39 is 23.9 Å². The maximum atomic E-state index is 13.4. The monoisotopic (exact) mass is 388 g/mol. The lowest BCUT2D eigenvalue weighted by Gasteiger charge is -2.34. The molecule has 1 N–H and O–H groups in total. The van der Waals surface area contributed by atoms with Gasteiger partial charge < -0.3 is 24.8 Å². The average Bonchev–Trinajstić information content (AvgIpc) is 2.61. The number of hydrogen-bond acceptors (Lipinski definition) is 4. The minimum Gasteiger partial charge on any atom is -0.450 e. The standard InChI is InChI=1S/C17H23F3N4O3/c1-4-27-16(26)24-9-7-23(8-10-24)15(25)21-14-6-5-12(22(2)3)11-13(14)17(18,19)20/h5-6,11H,4,7-10H2,1-3H3,(H,21,25). The summed E-state index contributed by atoms with van der Waals surface area (Å²) in [5.41, 5.74) is -0.832. The normalized spacial score (nSPS) is 14.7. The molecule has 27 heavy (non-hydrogen) atoms. The summed E-state index contributed by atoms with van der Waals surface area (Å²) < 4.78 is 45.0. The highest BCUT2D eigenvalue weighted by atomic mass is 19.4. The van der Waals surface area contributed by atoms with Crippen LogP contribution in [-0.2, 0) is 10.9 Å². The van der Waals surface area contributed by atoms with Gasteiger partial charge >= 0.3 is 18.3 Å². The number of alkyl halides is 3. The van der Waals surface area contributed by atoms with Crippen LogP contribution in [0.4, 0.5) is 34.1 Å². The van der Waals surface area contributed by atoms with E-state index in [0.29, 0.717) is 5.69 Å². The molecule has 0 saturated carbocycles. The molecule has 0 radical (unpaired) electrons. The Kier molecular flexibility index (Phi) is 6.40. The van der Waals surface area contributed by atoms with Gasteiger partial charge in [0.05, 0.1) is 17.9 Å². The highest BCUT2D eigenvalue weighted by Gasteiger charge is 2.35. The van der Waals surface area contributed by atoms with Crippen molar-refractivity contribution < 1.29 is 27.5 Å². The van der Waals surface area contributed by atoms with Crippen LogP contribution < -0.4 is 10.2 Å². The number of nitrogens with one attached hydrogen (secondary N) is 1. The highest BCUT2D eigenvalue weighted by molar-refractivity contribution is 5.91. The van der Waals surface area contributed by atoms with E-state index in [1.54, 1.807) is 25.9 Å². The third-order valence-corrected chi connectivity index (χ3v) is 4.16. The molecule has 1 heterocycles. The lowest BCUT2D eigenvalue weighted by atomic mass is 10.1. The third-order valence-electron chi connectivity index (χ3n) is 4.16. The first-order valence-corrected chi connectivity index (χ1v) is 8.49. The summed E-state index contributed by atoms with van der Waals surface area (Å²) >= 11 is 0. The molecule has 2 rings (SSSR count). The summed E-state index contributed by atoms with van der Waals surface area (Å²) in [5, 5.41) is 2.34. The molecular weight excluding hydrogens is 365 g/mol. The van der Waals surface area contributed by atoms with Crippen molar-refractivity contribution in [3.05, 3.63) is 23.8 Å². The summed E-state index contributed by atoms with van der Waals surface area (Å²) in [6, 6.07) is 3.10. The zero-order valence-electron chi connectivity index (χ0n) is 15.5. The molecule has 0 spiro atoms. The maximum Gasteiger partial charge on any atom is 0.418 e. The molecule has 1 fully saturated rings. The van der Waals surface area contributed by atoms with Gasteiger partial charge in [-0.3, -0.25) is 0 Å². The molecule has 0 aromatic heterocycles. The number of ether oxygens (including phenoxy) is 1. The van der Waals surface area contributed by atoms with Gasteiger partial charge in [0.2, 0.25) is 0 Å². The summed E-state index contributed by atoms with van der Waals surface area (Å²) in [6.07, 6.45) is -5.06. The van der Waals surface area contributed by atoms with Crippen LogP contribution >= 0.6 is 0 Å². The van der Waals surface area contributed by atoms with Crippen LogP contribution in [0, 0.1) is 0 Å². The Bertz CT molecular complexity index is 686. The topological polar surface area (TPSA) is 65.1 Å². The largest absolute Gasteiger partial charge is 0.450 e. The van der Waals surface area contributed by atoms with Gasteiger partial charge in [-0.05, 0) is 25.1 Å². The van der Waals surface area contributed by atoms with E-state index in [4.69, 9.17) is 4.74 Å². The second-order valence-electron chi connectivity index (χ2n) is 6.23. The van der Waals surface area contributed by atoms with Crippen molar-refractivity contribution in [3.8, 4) is 0 Å². The van der Waals surface area contributed by atoms with Gasteiger partial charge in [0, 0.05) is 46.0 Å². The molecule has 0 bridgehead atoms. The van der Waals surface area contributed by atoms with Gasteiger partial charge in [-0.2, -0.15) is 13.2 Å². The van der Waals surface area contributed by atoms with E-state index in [1.807, 2.05) is 0 Å². The summed E-state index contributed by atoms with van der Waals surface area (Å²) in [7, 11) is 3.27. The molecule has 1 aromatic rings. The van der Waals surface area contributed by atoms with Crippen LogP contribution in [0.1, 0.15) is 12.5 Å². The smallest absolute Gasteiger partial charge is 0.418 e. The van der Waals surface area contributed by atoms with E-state index in [2.05, 4.69) is 5.32 Å². The van der Waals surface area contributed by atoms with Crippen LogP contribution in [0.3, 0.4) is 0 Å².